The molecule has 0 unspecified atom stereocenters. The molecule has 0 spiro atoms. The molecule has 0 fully saturated rings. The van der Waals surface area contributed by atoms with Gasteiger partial charge in [-0.15, -0.1) is 0 Å². The summed E-state index contributed by atoms with van der Waals surface area (Å²) in [5, 5.41) is 5.17. The summed E-state index contributed by atoms with van der Waals surface area (Å²) < 4.78 is 10.2. The average Bonchev–Trinajstić information content (AvgIpc) is 2.97. The van der Waals surface area contributed by atoms with Crippen molar-refractivity contribution in [3.8, 4) is 11.3 Å². The molecule has 0 saturated carbocycles. The Morgan fingerprint density at radius 3 is 2.25 bits per heavy atom. The molecule has 2 aromatic rings. The highest BCUT2D eigenvalue weighted by Gasteiger charge is 2.19. The van der Waals surface area contributed by atoms with Crippen LogP contribution in [0.4, 0.5) is 0 Å². The summed E-state index contributed by atoms with van der Waals surface area (Å²) in [5.41, 5.74) is 3.88. The maximum Gasteiger partial charge on any atom is 0.313 e. The first kappa shape index (κ1) is 18.5. The molecule has 1 aromatic heterocycles. The lowest BCUT2D eigenvalue weighted by Crippen LogP contribution is -2.08. The van der Waals surface area contributed by atoms with Crippen molar-refractivity contribution in [2.24, 2.45) is 0 Å². The quantitative estimate of drug-likeness (QED) is 0.569. The molecule has 7 heteroatoms. The fourth-order valence-electron chi connectivity index (χ4n) is 2.45. The van der Waals surface area contributed by atoms with Gasteiger partial charge in [0.05, 0.1) is 0 Å². The maximum atomic E-state index is 11.4. The fourth-order valence-corrected chi connectivity index (χ4v) is 2.87. The zero-order valence-electron chi connectivity index (χ0n) is 13.8. The third-order valence-corrected chi connectivity index (χ3v) is 4.78. The van der Waals surface area contributed by atoms with E-state index in [1.165, 1.54) is 6.92 Å². The molecule has 0 amide bonds. The molecule has 1 heterocycles. The normalized spacial score (nSPS) is 10.8. The minimum Gasteiger partial charge on any atom is -0.457 e. The monoisotopic (exact) mass is 369 g/mol. The van der Waals surface area contributed by atoms with Crippen LogP contribution in [-0.2, 0) is 20.9 Å². The van der Waals surface area contributed by atoms with Crippen LogP contribution in [0.3, 0.4) is 0 Å². The lowest BCUT2D eigenvalue weighted by molar-refractivity contribution is -0.147. The van der Waals surface area contributed by atoms with Gasteiger partial charge in [-0.05, 0) is 44.4 Å². The van der Waals surface area contributed by atoms with E-state index in [4.69, 9.17) is 32.5 Å². The van der Waals surface area contributed by atoms with E-state index in [2.05, 4.69) is 5.16 Å². The van der Waals surface area contributed by atoms with Crippen LogP contribution in [-0.4, -0.2) is 16.9 Å². The van der Waals surface area contributed by atoms with E-state index in [1.807, 2.05) is 20.8 Å². The Kier molecular flexibility index (Phi) is 5.67. The number of carbonyl (C=O) groups excluding carboxylic acids is 2. The summed E-state index contributed by atoms with van der Waals surface area (Å²) in [6.45, 7) is 6.86. The predicted molar refractivity (Wildman–Crippen MR) is 91.3 cm³/mol. The van der Waals surface area contributed by atoms with Gasteiger partial charge in [0, 0.05) is 21.7 Å². The van der Waals surface area contributed by atoms with Gasteiger partial charge in [0.1, 0.15) is 17.9 Å². The van der Waals surface area contributed by atoms with E-state index in [0.717, 1.165) is 22.3 Å². The van der Waals surface area contributed by atoms with E-state index in [0.29, 0.717) is 21.5 Å². The first-order valence-corrected chi connectivity index (χ1v) is 8.03. The molecule has 0 N–H and O–H groups in total. The second-order valence-corrected chi connectivity index (χ2v) is 6.35. The van der Waals surface area contributed by atoms with Gasteiger partial charge in [-0.25, -0.2) is 0 Å². The fraction of sp³-hybridized carbons (Fsp3) is 0.353. The minimum absolute atomic E-state index is 0.0927. The topological polar surface area (TPSA) is 69.4 Å². The van der Waals surface area contributed by atoms with Gasteiger partial charge in [-0.2, -0.15) is 0 Å². The third kappa shape index (κ3) is 3.79. The number of Topliss-reactive ketones (excluding diaryl/α,β-unsaturated/α-hetero) is 1. The van der Waals surface area contributed by atoms with Crippen LogP contribution in [0, 0.1) is 20.8 Å². The number of hydrogen-bond acceptors (Lipinski definition) is 5. The van der Waals surface area contributed by atoms with Crippen LogP contribution < -0.4 is 0 Å². The summed E-state index contributed by atoms with van der Waals surface area (Å²) in [6, 6.07) is 1.67. The molecule has 0 bridgehead atoms. The van der Waals surface area contributed by atoms with Crippen LogP contribution in [0.2, 0.25) is 10.0 Å². The lowest BCUT2D eigenvalue weighted by Gasteiger charge is -2.14. The first-order valence-electron chi connectivity index (χ1n) is 7.28. The standard InChI is InChI=1S/C17H17Cl2NO4/c1-8(21)5-14(22)23-7-12-6-13(20-24-12)15-9(2)16(18)11(4)17(19)10(15)3/h6H,5,7H2,1-4H3. The van der Waals surface area contributed by atoms with Crippen molar-refractivity contribution >= 4 is 35.0 Å². The zero-order valence-corrected chi connectivity index (χ0v) is 15.3. The lowest BCUT2D eigenvalue weighted by atomic mass is 9.97. The van der Waals surface area contributed by atoms with E-state index in [1.54, 1.807) is 6.07 Å². The summed E-state index contributed by atoms with van der Waals surface area (Å²) in [4.78, 5) is 22.3. The number of ketones is 1. The molecule has 5 nitrogen and oxygen atoms in total. The van der Waals surface area contributed by atoms with Crippen molar-refractivity contribution in [2.45, 2.75) is 40.7 Å². The van der Waals surface area contributed by atoms with Crippen molar-refractivity contribution in [1.29, 1.82) is 0 Å². The van der Waals surface area contributed by atoms with Gasteiger partial charge in [-0.3, -0.25) is 9.59 Å². The van der Waals surface area contributed by atoms with E-state index in [9.17, 15) is 9.59 Å². The molecule has 0 aliphatic rings. The Balaban J connectivity index is 2.26. The number of halogens is 2. The van der Waals surface area contributed by atoms with Crippen LogP contribution in [0.15, 0.2) is 10.6 Å². The largest absolute Gasteiger partial charge is 0.457 e. The van der Waals surface area contributed by atoms with Crippen LogP contribution >= 0.6 is 23.2 Å². The van der Waals surface area contributed by atoms with Crippen molar-refractivity contribution in [3.63, 3.8) is 0 Å². The SMILES string of the molecule is CC(=O)CC(=O)OCc1cc(-c2c(C)c(Cl)c(C)c(Cl)c2C)no1. The summed E-state index contributed by atoms with van der Waals surface area (Å²) >= 11 is 12.6. The molecule has 0 aliphatic carbocycles. The highest BCUT2D eigenvalue weighted by molar-refractivity contribution is 6.37. The van der Waals surface area contributed by atoms with Crippen molar-refractivity contribution in [2.75, 3.05) is 0 Å². The number of aromatic nitrogens is 1. The van der Waals surface area contributed by atoms with Gasteiger partial charge in [0.15, 0.2) is 12.4 Å². The number of esters is 1. The Morgan fingerprint density at radius 2 is 1.71 bits per heavy atom. The molecule has 2 rings (SSSR count). The average molecular weight is 370 g/mol. The molecule has 0 saturated heterocycles. The Morgan fingerprint density at radius 1 is 1.12 bits per heavy atom. The minimum atomic E-state index is -0.603. The molecule has 0 atom stereocenters. The number of nitrogens with zero attached hydrogens (tertiary/aromatic N) is 1. The number of ether oxygens (including phenoxy) is 1. The maximum absolute atomic E-state index is 11.4. The van der Waals surface area contributed by atoms with Gasteiger partial charge in [-0.1, -0.05) is 28.4 Å². The number of rotatable bonds is 5. The molecule has 24 heavy (non-hydrogen) atoms. The Labute approximate surface area is 149 Å². The molecular formula is C17H17Cl2NO4. The zero-order chi connectivity index (χ0) is 18.0. The summed E-state index contributed by atoms with van der Waals surface area (Å²) in [7, 11) is 0. The molecule has 128 valence electrons. The summed E-state index contributed by atoms with van der Waals surface area (Å²) in [5.74, 6) is -0.490. The Hall–Kier alpha value is -1.85. The molecule has 0 aliphatic heterocycles. The second kappa shape index (κ2) is 7.36. The summed E-state index contributed by atoms with van der Waals surface area (Å²) in [6.07, 6.45) is -0.262. The van der Waals surface area contributed by atoms with Gasteiger partial charge in [0.25, 0.3) is 0 Å². The van der Waals surface area contributed by atoms with Crippen molar-refractivity contribution < 1.29 is 18.8 Å². The van der Waals surface area contributed by atoms with E-state index < -0.39 is 5.97 Å². The predicted octanol–water partition coefficient (Wildman–Crippen LogP) is 4.60. The number of carbonyl (C=O) groups is 2. The van der Waals surface area contributed by atoms with Crippen LogP contribution in [0.5, 0.6) is 0 Å². The van der Waals surface area contributed by atoms with E-state index >= 15 is 0 Å². The highest BCUT2D eigenvalue weighted by atomic mass is 35.5. The second-order valence-electron chi connectivity index (χ2n) is 5.60. The Bertz CT molecular complexity index is 782. The molecule has 0 radical (unpaired) electrons. The van der Waals surface area contributed by atoms with Crippen LogP contribution in [0.1, 0.15) is 35.8 Å². The number of benzene rings is 1. The van der Waals surface area contributed by atoms with Gasteiger partial charge in [0.2, 0.25) is 0 Å². The van der Waals surface area contributed by atoms with Crippen LogP contribution in [0.25, 0.3) is 11.3 Å². The molecular weight excluding hydrogens is 353 g/mol. The smallest absolute Gasteiger partial charge is 0.313 e. The van der Waals surface area contributed by atoms with E-state index in [-0.39, 0.29) is 18.8 Å². The van der Waals surface area contributed by atoms with Crippen molar-refractivity contribution in [1.82, 2.24) is 5.16 Å². The van der Waals surface area contributed by atoms with Gasteiger partial charge < -0.3 is 9.26 Å². The highest BCUT2D eigenvalue weighted by Crippen LogP contribution is 2.39. The van der Waals surface area contributed by atoms with Gasteiger partial charge >= 0.3 is 5.97 Å². The molecule has 1 aromatic carbocycles. The number of hydrogen-bond donors (Lipinski definition) is 0. The van der Waals surface area contributed by atoms with Crippen molar-refractivity contribution in [3.05, 3.63) is 38.6 Å². The third-order valence-electron chi connectivity index (χ3n) is 3.65. The first-order chi connectivity index (χ1) is 11.2.